The summed E-state index contributed by atoms with van der Waals surface area (Å²) in [4.78, 5) is 15.4. The number of hydrogen-bond donors (Lipinski definition) is 2. The molecule has 1 saturated heterocycles. The molecular weight excluding hydrogens is 274 g/mol. The van der Waals surface area contributed by atoms with Crippen LogP contribution in [-0.4, -0.2) is 22.6 Å². The van der Waals surface area contributed by atoms with Crippen molar-refractivity contribution in [3.8, 4) is 11.1 Å². The van der Waals surface area contributed by atoms with Gasteiger partial charge in [0, 0.05) is 6.04 Å². The van der Waals surface area contributed by atoms with Crippen LogP contribution in [0.25, 0.3) is 22.2 Å². The first-order chi connectivity index (χ1) is 10.8. The minimum absolute atomic E-state index is 0.00658. The number of hydrogen-bond acceptors (Lipinski definition) is 2. The van der Waals surface area contributed by atoms with Gasteiger partial charge in [-0.1, -0.05) is 36.4 Å². The summed E-state index contributed by atoms with van der Waals surface area (Å²) in [6.07, 6.45) is 2.01. The lowest BCUT2D eigenvalue weighted by Crippen LogP contribution is -2.33. The number of nitrogens with one attached hydrogen (secondary N) is 2. The Morgan fingerprint density at radius 2 is 1.73 bits per heavy atom. The van der Waals surface area contributed by atoms with Crippen molar-refractivity contribution in [1.29, 1.82) is 0 Å². The molecule has 4 rings (SSSR count). The third-order valence-corrected chi connectivity index (χ3v) is 4.50. The van der Waals surface area contributed by atoms with Gasteiger partial charge < -0.3 is 10.3 Å². The van der Waals surface area contributed by atoms with Crippen LogP contribution in [-0.2, 0) is 0 Å². The first kappa shape index (κ1) is 13.3. The van der Waals surface area contributed by atoms with E-state index in [9.17, 15) is 4.79 Å². The van der Waals surface area contributed by atoms with Crippen molar-refractivity contribution in [3.05, 3.63) is 59.0 Å². The minimum Gasteiger partial charge on any atom is -0.317 e. The van der Waals surface area contributed by atoms with Gasteiger partial charge in [0.25, 0.3) is 0 Å². The standard InChI is InChI=1S/C18H19N3O/c22-18-20-16-12-14(13-4-2-1-3-5-13)6-7-17(16)21(18)15-8-10-19-11-9-15/h1-7,12,15,19H,8-11H2,(H,20,22). The van der Waals surface area contributed by atoms with Gasteiger partial charge in [-0.05, 0) is 49.2 Å². The summed E-state index contributed by atoms with van der Waals surface area (Å²) >= 11 is 0. The van der Waals surface area contributed by atoms with Crippen LogP contribution < -0.4 is 11.0 Å². The van der Waals surface area contributed by atoms with E-state index in [1.54, 1.807) is 0 Å². The molecule has 4 nitrogen and oxygen atoms in total. The zero-order chi connectivity index (χ0) is 14.9. The van der Waals surface area contributed by atoms with Crippen LogP contribution in [0.15, 0.2) is 53.3 Å². The maximum atomic E-state index is 12.4. The molecule has 3 aromatic rings. The lowest BCUT2D eigenvalue weighted by atomic mass is 10.0. The Hall–Kier alpha value is -2.33. The van der Waals surface area contributed by atoms with Crippen LogP contribution >= 0.6 is 0 Å². The molecule has 0 amide bonds. The fraction of sp³-hybridized carbons (Fsp3) is 0.278. The lowest BCUT2D eigenvalue weighted by molar-refractivity contribution is 0.368. The molecule has 1 aliphatic heterocycles. The Bertz CT molecular complexity index is 842. The molecule has 1 aromatic heterocycles. The van der Waals surface area contributed by atoms with Crippen molar-refractivity contribution in [3.63, 3.8) is 0 Å². The Morgan fingerprint density at radius 1 is 0.955 bits per heavy atom. The van der Waals surface area contributed by atoms with Crippen LogP contribution in [0.2, 0.25) is 0 Å². The van der Waals surface area contributed by atoms with Gasteiger partial charge >= 0.3 is 5.69 Å². The van der Waals surface area contributed by atoms with Crippen LogP contribution in [0.1, 0.15) is 18.9 Å². The summed E-state index contributed by atoms with van der Waals surface area (Å²) in [6, 6.07) is 16.8. The van der Waals surface area contributed by atoms with Crippen LogP contribution in [0.3, 0.4) is 0 Å². The molecule has 2 aromatic carbocycles. The van der Waals surface area contributed by atoms with Crippen molar-refractivity contribution in [2.45, 2.75) is 18.9 Å². The van der Waals surface area contributed by atoms with E-state index in [4.69, 9.17) is 0 Å². The quantitative estimate of drug-likeness (QED) is 0.763. The van der Waals surface area contributed by atoms with Crippen molar-refractivity contribution in [2.75, 3.05) is 13.1 Å². The van der Waals surface area contributed by atoms with Gasteiger partial charge in [0.05, 0.1) is 11.0 Å². The first-order valence-electron chi connectivity index (χ1n) is 7.83. The molecule has 0 bridgehead atoms. The van der Waals surface area contributed by atoms with E-state index in [2.05, 4.69) is 40.6 Å². The topological polar surface area (TPSA) is 49.8 Å². The molecule has 1 fully saturated rings. The number of imidazole rings is 1. The van der Waals surface area contributed by atoms with E-state index >= 15 is 0 Å². The van der Waals surface area contributed by atoms with Crippen LogP contribution in [0.4, 0.5) is 0 Å². The molecule has 0 aliphatic carbocycles. The van der Waals surface area contributed by atoms with Gasteiger partial charge in [-0.25, -0.2) is 4.79 Å². The summed E-state index contributed by atoms with van der Waals surface area (Å²) < 4.78 is 1.94. The minimum atomic E-state index is 0.00658. The van der Waals surface area contributed by atoms with Crippen molar-refractivity contribution >= 4 is 11.0 Å². The molecule has 1 aliphatic rings. The van der Waals surface area contributed by atoms with Gasteiger partial charge in [0.1, 0.15) is 0 Å². The maximum Gasteiger partial charge on any atom is 0.326 e. The molecule has 4 heteroatoms. The molecule has 22 heavy (non-hydrogen) atoms. The highest BCUT2D eigenvalue weighted by Gasteiger charge is 2.19. The molecule has 0 atom stereocenters. The largest absolute Gasteiger partial charge is 0.326 e. The van der Waals surface area contributed by atoms with E-state index in [0.29, 0.717) is 6.04 Å². The fourth-order valence-corrected chi connectivity index (χ4v) is 3.37. The highest BCUT2D eigenvalue weighted by atomic mass is 16.1. The average Bonchev–Trinajstić information content (AvgIpc) is 2.91. The highest BCUT2D eigenvalue weighted by molar-refractivity contribution is 5.82. The van der Waals surface area contributed by atoms with Crippen molar-refractivity contribution in [1.82, 2.24) is 14.9 Å². The van der Waals surface area contributed by atoms with Crippen LogP contribution in [0.5, 0.6) is 0 Å². The maximum absolute atomic E-state index is 12.4. The number of fused-ring (bicyclic) bond motifs is 1. The Kier molecular flexibility index (Phi) is 3.31. The van der Waals surface area contributed by atoms with Crippen molar-refractivity contribution < 1.29 is 0 Å². The summed E-state index contributed by atoms with van der Waals surface area (Å²) in [5, 5.41) is 3.35. The zero-order valence-corrected chi connectivity index (χ0v) is 12.4. The Labute approximate surface area is 128 Å². The van der Waals surface area contributed by atoms with E-state index in [1.807, 2.05) is 22.8 Å². The van der Waals surface area contributed by atoms with E-state index in [0.717, 1.165) is 42.5 Å². The number of rotatable bonds is 2. The first-order valence-corrected chi connectivity index (χ1v) is 7.83. The zero-order valence-electron chi connectivity index (χ0n) is 12.4. The molecule has 0 radical (unpaired) electrons. The molecule has 2 heterocycles. The monoisotopic (exact) mass is 293 g/mol. The second kappa shape index (κ2) is 5.46. The van der Waals surface area contributed by atoms with E-state index in [-0.39, 0.29) is 5.69 Å². The van der Waals surface area contributed by atoms with Gasteiger partial charge in [-0.2, -0.15) is 0 Å². The predicted octanol–water partition coefficient (Wildman–Crippen LogP) is 2.92. The fourth-order valence-electron chi connectivity index (χ4n) is 3.37. The highest BCUT2D eigenvalue weighted by Crippen LogP contribution is 2.26. The number of aromatic nitrogens is 2. The second-order valence-electron chi connectivity index (χ2n) is 5.88. The molecule has 2 N–H and O–H groups in total. The summed E-state index contributed by atoms with van der Waals surface area (Å²) in [6.45, 7) is 1.96. The number of nitrogens with zero attached hydrogens (tertiary/aromatic N) is 1. The predicted molar refractivity (Wildman–Crippen MR) is 89.1 cm³/mol. The summed E-state index contributed by atoms with van der Waals surface area (Å²) in [5.74, 6) is 0. The number of aromatic amines is 1. The normalized spacial score (nSPS) is 16.2. The van der Waals surface area contributed by atoms with E-state index in [1.165, 1.54) is 5.56 Å². The third kappa shape index (κ3) is 2.25. The number of piperidine rings is 1. The van der Waals surface area contributed by atoms with Crippen LogP contribution in [0, 0.1) is 0 Å². The molecule has 0 saturated carbocycles. The smallest absolute Gasteiger partial charge is 0.317 e. The van der Waals surface area contributed by atoms with Gasteiger partial charge in [0.2, 0.25) is 0 Å². The number of benzene rings is 2. The molecule has 112 valence electrons. The molecule has 0 spiro atoms. The van der Waals surface area contributed by atoms with E-state index < -0.39 is 0 Å². The Morgan fingerprint density at radius 3 is 2.50 bits per heavy atom. The summed E-state index contributed by atoms with van der Waals surface area (Å²) in [5.41, 5.74) is 4.24. The molecule has 0 unspecified atom stereocenters. The lowest BCUT2D eigenvalue weighted by Gasteiger charge is -2.23. The second-order valence-corrected chi connectivity index (χ2v) is 5.88. The number of H-pyrrole nitrogens is 1. The summed E-state index contributed by atoms with van der Waals surface area (Å²) in [7, 11) is 0. The molecular formula is C18H19N3O. The average molecular weight is 293 g/mol. The van der Waals surface area contributed by atoms with Gasteiger partial charge in [-0.15, -0.1) is 0 Å². The third-order valence-electron chi connectivity index (χ3n) is 4.50. The Balaban J connectivity index is 1.81. The SMILES string of the molecule is O=c1[nH]c2cc(-c3ccccc3)ccc2n1C1CCNCC1. The van der Waals surface area contributed by atoms with Crippen molar-refractivity contribution in [2.24, 2.45) is 0 Å². The van der Waals surface area contributed by atoms with Gasteiger partial charge in [-0.3, -0.25) is 4.57 Å². The van der Waals surface area contributed by atoms with Gasteiger partial charge in [0.15, 0.2) is 0 Å².